The van der Waals surface area contributed by atoms with Crippen molar-refractivity contribution in [2.75, 3.05) is 14.2 Å². The molecule has 162 valence electrons. The molecule has 0 saturated heterocycles. The van der Waals surface area contributed by atoms with Gasteiger partial charge in [0.1, 0.15) is 11.5 Å². The summed E-state index contributed by atoms with van der Waals surface area (Å²) in [6.07, 6.45) is 8.09. The largest absolute Gasteiger partial charge is 0.497 e. The minimum Gasteiger partial charge on any atom is -0.497 e. The zero-order valence-electron chi connectivity index (χ0n) is 18.4. The highest BCUT2D eigenvalue weighted by Crippen LogP contribution is 2.37. The summed E-state index contributed by atoms with van der Waals surface area (Å²) in [6.45, 7) is 2.29. The van der Waals surface area contributed by atoms with E-state index < -0.39 is 5.97 Å². The Bertz CT molecular complexity index is 999. The lowest BCUT2D eigenvalue weighted by atomic mass is 9.78. The summed E-state index contributed by atoms with van der Waals surface area (Å²) >= 11 is 0. The molecule has 0 unspecified atom stereocenters. The first-order valence-electron chi connectivity index (χ1n) is 11.0. The number of esters is 1. The van der Waals surface area contributed by atoms with Crippen LogP contribution in [0.5, 0.6) is 11.5 Å². The molecule has 0 N–H and O–H groups in total. The SMILES string of the molecule is CCC1CCC(c2ccc(C3=NC(=Cc4cc(OC)ccc4OC)C(=O)O3)cc2)CC1. The minimum atomic E-state index is -0.471. The molecule has 1 heterocycles. The van der Waals surface area contributed by atoms with Crippen LogP contribution >= 0.6 is 0 Å². The predicted molar refractivity (Wildman–Crippen MR) is 122 cm³/mol. The molecule has 4 rings (SSSR count). The fourth-order valence-corrected chi connectivity index (χ4v) is 4.43. The summed E-state index contributed by atoms with van der Waals surface area (Å²) in [4.78, 5) is 16.9. The Morgan fingerprint density at radius 1 is 1.03 bits per heavy atom. The molecule has 0 aromatic heterocycles. The fourth-order valence-electron chi connectivity index (χ4n) is 4.43. The Kier molecular flexibility index (Phi) is 6.40. The quantitative estimate of drug-likeness (QED) is 0.443. The van der Waals surface area contributed by atoms with Crippen LogP contribution in [0.1, 0.15) is 61.6 Å². The molecule has 2 aromatic carbocycles. The maximum atomic E-state index is 12.4. The van der Waals surface area contributed by atoms with Gasteiger partial charge in [-0.1, -0.05) is 25.5 Å². The lowest BCUT2D eigenvalue weighted by Gasteiger charge is -2.28. The smallest absolute Gasteiger partial charge is 0.363 e. The topological polar surface area (TPSA) is 57.1 Å². The van der Waals surface area contributed by atoms with E-state index in [0.717, 1.165) is 11.5 Å². The van der Waals surface area contributed by atoms with E-state index in [2.05, 4.69) is 24.0 Å². The number of benzene rings is 2. The number of aliphatic imine (C=N–C) groups is 1. The van der Waals surface area contributed by atoms with Gasteiger partial charge in [0.15, 0.2) is 5.70 Å². The number of carbonyl (C=O) groups is 1. The zero-order valence-corrected chi connectivity index (χ0v) is 18.4. The third kappa shape index (κ3) is 4.66. The van der Waals surface area contributed by atoms with Crippen molar-refractivity contribution in [1.82, 2.24) is 0 Å². The Labute approximate surface area is 183 Å². The second kappa shape index (κ2) is 9.38. The average molecular weight is 420 g/mol. The summed E-state index contributed by atoms with van der Waals surface area (Å²) in [5.74, 6) is 2.68. The van der Waals surface area contributed by atoms with Gasteiger partial charge in [0.2, 0.25) is 5.90 Å². The van der Waals surface area contributed by atoms with Crippen LogP contribution < -0.4 is 9.47 Å². The molecule has 0 amide bonds. The highest BCUT2D eigenvalue weighted by Gasteiger charge is 2.26. The summed E-state index contributed by atoms with van der Waals surface area (Å²) in [5.41, 5.74) is 3.11. The number of hydrogen-bond acceptors (Lipinski definition) is 5. The molecule has 0 atom stereocenters. The number of hydrogen-bond donors (Lipinski definition) is 0. The first kappa shape index (κ1) is 21.2. The molecule has 5 heteroatoms. The predicted octanol–water partition coefficient (Wildman–Crippen LogP) is 5.73. The van der Waals surface area contributed by atoms with Crippen molar-refractivity contribution in [1.29, 1.82) is 0 Å². The number of carbonyl (C=O) groups excluding carboxylic acids is 1. The van der Waals surface area contributed by atoms with Gasteiger partial charge >= 0.3 is 5.97 Å². The van der Waals surface area contributed by atoms with Gasteiger partial charge in [0.05, 0.1) is 14.2 Å². The highest BCUT2D eigenvalue weighted by molar-refractivity contribution is 6.13. The molecular weight excluding hydrogens is 390 g/mol. The molecule has 31 heavy (non-hydrogen) atoms. The fraction of sp³-hybridized carbons (Fsp3) is 0.385. The van der Waals surface area contributed by atoms with Crippen molar-refractivity contribution in [2.24, 2.45) is 10.9 Å². The molecule has 0 radical (unpaired) electrons. The van der Waals surface area contributed by atoms with Crippen LogP contribution in [-0.2, 0) is 9.53 Å². The van der Waals surface area contributed by atoms with Gasteiger partial charge in [-0.15, -0.1) is 0 Å². The van der Waals surface area contributed by atoms with E-state index in [0.29, 0.717) is 28.9 Å². The normalized spacial score (nSPS) is 22.2. The van der Waals surface area contributed by atoms with Gasteiger partial charge in [0.25, 0.3) is 0 Å². The van der Waals surface area contributed by atoms with Crippen LogP contribution in [0.2, 0.25) is 0 Å². The summed E-state index contributed by atoms with van der Waals surface area (Å²) in [7, 11) is 3.18. The second-order valence-corrected chi connectivity index (χ2v) is 8.19. The van der Waals surface area contributed by atoms with Crippen molar-refractivity contribution < 1.29 is 19.0 Å². The lowest BCUT2D eigenvalue weighted by molar-refractivity contribution is -0.129. The molecule has 1 saturated carbocycles. The van der Waals surface area contributed by atoms with Crippen molar-refractivity contribution >= 4 is 17.9 Å². The molecule has 1 fully saturated rings. The van der Waals surface area contributed by atoms with E-state index in [4.69, 9.17) is 14.2 Å². The van der Waals surface area contributed by atoms with E-state index in [9.17, 15) is 4.79 Å². The maximum absolute atomic E-state index is 12.4. The summed E-state index contributed by atoms with van der Waals surface area (Å²) < 4.78 is 16.1. The maximum Gasteiger partial charge on any atom is 0.363 e. The van der Waals surface area contributed by atoms with E-state index in [1.165, 1.54) is 37.7 Å². The van der Waals surface area contributed by atoms with Gasteiger partial charge in [0, 0.05) is 11.1 Å². The molecular formula is C26H29NO4. The number of cyclic esters (lactones) is 1. The second-order valence-electron chi connectivity index (χ2n) is 8.19. The van der Waals surface area contributed by atoms with Gasteiger partial charge in [-0.2, -0.15) is 0 Å². The van der Waals surface area contributed by atoms with E-state index in [1.807, 2.05) is 12.1 Å². The highest BCUT2D eigenvalue weighted by atomic mass is 16.6. The first-order valence-corrected chi connectivity index (χ1v) is 11.0. The van der Waals surface area contributed by atoms with Crippen LogP contribution in [0.4, 0.5) is 0 Å². The van der Waals surface area contributed by atoms with Crippen molar-refractivity contribution in [3.63, 3.8) is 0 Å². The number of nitrogens with zero attached hydrogens (tertiary/aromatic N) is 1. The van der Waals surface area contributed by atoms with Crippen molar-refractivity contribution in [3.05, 3.63) is 64.9 Å². The number of rotatable bonds is 6. The molecule has 0 spiro atoms. The Morgan fingerprint density at radius 3 is 2.42 bits per heavy atom. The molecule has 2 aliphatic rings. The standard InChI is InChI=1S/C26H29NO4/c1-4-17-5-7-18(8-6-17)19-9-11-20(12-10-19)25-27-23(26(28)31-25)16-21-15-22(29-2)13-14-24(21)30-3/h9-18H,4-8H2,1-3H3. The van der Waals surface area contributed by atoms with Crippen molar-refractivity contribution in [3.8, 4) is 11.5 Å². The van der Waals surface area contributed by atoms with Crippen molar-refractivity contribution in [2.45, 2.75) is 44.9 Å². The molecule has 0 bridgehead atoms. The van der Waals surface area contributed by atoms with Crippen LogP contribution in [0, 0.1) is 5.92 Å². The minimum absolute atomic E-state index is 0.239. The summed E-state index contributed by atoms with van der Waals surface area (Å²) in [5, 5.41) is 0. The summed E-state index contributed by atoms with van der Waals surface area (Å²) in [6, 6.07) is 13.7. The Morgan fingerprint density at radius 2 is 1.77 bits per heavy atom. The van der Waals surface area contributed by atoms with Gasteiger partial charge in [-0.25, -0.2) is 9.79 Å². The van der Waals surface area contributed by atoms with Gasteiger partial charge < -0.3 is 14.2 Å². The lowest BCUT2D eigenvalue weighted by Crippen LogP contribution is -2.13. The van der Waals surface area contributed by atoms with Gasteiger partial charge in [-0.3, -0.25) is 0 Å². The Hall–Kier alpha value is -3.08. The van der Waals surface area contributed by atoms with E-state index in [-0.39, 0.29) is 5.70 Å². The van der Waals surface area contributed by atoms with Crippen LogP contribution in [0.15, 0.2) is 53.2 Å². The number of methoxy groups -OCH3 is 2. The number of ether oxygens (including phenoxy) is 3. The zero-order chi connectivity index (χ0) is 21.8. The molecule has 2 aromatic rings. The molecule has 1 aliphatic heterocycles. The monoisotopic (exact) mass is 419 g/mol. The van der Waals surface area contributed by atoms with E-state index in [1.54, 1.807) is 38.5 Å². The molecule has 5 nitrogen and oxygen atoms in total. The first-order chi connectivity index (χ1) is 15.1. The van der Waals surface area contributed by atoms with Crippen LogP contribution in [0.3, 0.4) is 0 Å². The average Bonchev–Trinajstić information content (AvgIpc) is 3.19. The van der Waals surface area contributed by atoms with Crippen LogP contribution in [-0.4, -0.2) is 26.1 Å². The molecule has 1 aliphatic carbocycles. The van der Waals surface area contributed by atoms with Crippen LogP contribution in [0.25, 0.3) is 6.08 Å². The third-order valence-corrected chi connectivity index (χ3v) is 6.40. The third-order valence-electron chi connectivity index (χ3n) is 6.40. The Balaban J connectivity index is 1.53. The van der Waals surface area contributed by atoms with Gasteiger partial charge in [-0.05, 0) is 79.5 Å². The van der Waals surface area contributed by atoms with E-state index >= 15 is 0 Å².